The van der Waals surface area contributed by atoms with Crippen LogP contribution in [0.15, 0.2) is 40.8 Å². The molecule has 0 saturated carbocycles. The Balaban J connectivity index is 2.10. The van der Waals surface area contributed by atoms with E-state index in [1.807, 2.05) is 0 Å². The first-order valence-corrected chi connectivity index (χ1v) is 6.86. The first-order valence-electron chi connectivity index (χ1n) is 6.86. The summed E-state index contributed by atoms with van der Waals surface area (Å²) in [5.41, 5.74) is 0.248. The number of furan rings is 1. The molecule has 0 aliphatic carbocycles. The van der Waals surface area contributed by atoms with Gasteiger partial charge in [0.2, 0.25) is 5.76 Å². The Hall–Kier alpha value is -2.63. The summed E-state index contributed by atoms with van der Waals surface area (Å²) in [4.78, 5) is 23.4. The van der Waals surface area contributed by atoms with Crippen molar-refractivity contribution in [1.29, 1.82) is 0 Å². The SMILES string of the molecule is CCNC(=O)[C@@H](C)OC(=O)c1ccc(-c2ccccc2F)o1. The van der Waals surface area contributed by atoms with E-state index in [0.29, 0.717) is 6.54 Å². The van der Waals surface area contributed by atoms with Crippen molar-refractivity contribution in [2.75, 3.05) is 6.54 Å². The summed E-state index contributed by atoms with van der Waals surface area (Å²) in [6, 6.07) is 8.93. The van der Waals surface area contributed by atoms with Crippen molar-refractivity contribution in [3.05, 3.63) is 48.0 Å². The summed E-state index contributed by atoms with van der Waals surface area (Å²) >= 11 is 0. The van der Waals surface area contributed by atoms with Gasteiger partial charge in [-0.1, -0.05) is 12.1 Å². The third-order valence-corrected chi connectivity index (χ3v) is 2.95. The second kappa shape index (κ2) is 6.89. The Bertz CT molecular complexity index is 680. The van der Waals surface area contributed by atoms with E-state index in [2.05, 4.69) is 5.32 Å². The van der Waals surface area contributed by atoms with Crippen LogP contribution in [-0.4, -0.2) is 24.5 Å². The van der Waals surface area contributed by atoms with Crippen molar-refractivity contribution in [3.63, 3.8) is 0 Å². The van der Waals surface area contributed by atoms with Gasteiger partial charge in [0.25, 0.3) is 5.91 Å². The van der Waals surface area contributed by atoms with Crippen molar-refractivity contribution in [1.82, 2.24) is 5.32 Å². The number of esters is 1. The molecule has 6 heteroatoms. The van der Waals surface area contributed by atoms with Gasteiger partial charge < -0.3 is 14.5 Å². The largest absolute Gasteiger partial charge is 0.449 e. The van der Waals surface area contributed by atoms with Gasteiger partial charge in [-0.15, -0.1) is 0 Å². The number of hydrogen-bond donors (Lipinski definition) is 1. The molecule has 0 saturated heterocycles. The van der Waals surface area contributed by atoms with Crippen molar-refractivity contribution in [2.45, 2.75) is 20.0 Å². The first kappa shape index (κ1) is 15.8. The number of nitrogens with one attached hydrogen (secondary N) is 1. The maximum atomic E-state index is 13.7. The van der Waals surface area contributed by atoms with Gasteiger partial charge in [0.05, 0.1) is 5.56 Å². The molecule has 1 atom stereocenters. The molecule has 5 nitrogen and oxygen atoms in total. The van der Waals surface area contributed by atoms with Gasteiger partial charge in [0, 0.05) is 6.54 Å². The van der Waals surface area contributed by atoms with E-state index >= 15 is 0 Å². The predicted molar refractivity (Wildman–Crippen MR) is 77.7 cm³/mol. The molecule has 1 aromatic carbocycles. The third-order valence-electron chi connectivity index (χ3n) is 2.95. The zero-order chi connectivity index (χ0) is 16.1. The first-order chi connectivity index (χ1) is 10.5. The van der Waals surface area contributed by atoms with Gasteiger partial charge in [0.1, 0.15) is 11.6 Å². The Morgan fingerprint density at radius 3 is 2.68 bits per heavy atom. The van der Waals surface area contributed by atoms with Gasteiger partial charge >= 0.3 is 5.97 Å². The highest BCUT2D eigenvalue weighted by Crippen LogP contribution is 2.25. The average Bonchev–Trinajstić information content (AvgIpc) is 2.97. The number of carbonyl (C=O) groups is 2. The topological polar surface area (TPSA) is 68.5 Å². The molecular formula is C16H16FNO4. The lowest BCUT2D eigenvalue weighted by atomic mass is 10.1. The fourth-order valence-electron chi connectivity index (χ4n) is 1.84. The summed E-state index contributed by atoms with van der Waals surface area (Å²) in [6.45, 7) is 3.67. The molecule has 0 unspecified atom stereocenters. The van der Waals surface area contributed by atoms with Crippen LogP contribution < -0.4 is 5.32 Å². The van der Waals surface area contributed by atoms with E-state index in [0.717, 1.165) is 0 Å². The molecule has 0 radical (unpaired) electrons. The van der Waals surface area contributed by atoms with Gasteiger partial charge in [0.15, 0.2) is 6.10 Å². The lowest BCUT2D eigenvalue weighted by Crippen LogP contribution is -2.35. The van der Waals surface area contributed by atoms with Crippen LogP contribution in [0.3, 0.4) is 0 Å². The van der Waals surface area contributed by atoms with Gasteiger partial charge in [-0.25, -0.2) is 9.18 Å². The second-order valence-corrected chi connectivity index (χ2v) is 4.59. The second-order valence-electron chi connectivity index (χ2n) is 4.59. The van der Waals surface area contributed by atoms with Crippen LogP contribution >= 0.6 is 0 Å². The highest BCUT2D eigenvalue weighted by atomic mass is 19.1. The third kappa shape index (κ3) is 3.52. The van der Waals surface area contributed by atoms with Crippen LogP contribution in [0.25, 0.3) is 11.3 Å². The zero-order valence-electron chi connectivity index (χ0n) is 12.3. The summed E-state index contributed by atoms with van der Waals surface area (Å²) in [5.74, 6) is -1.49. The maximum Gasteiger partial charge on any atom is 0.375 e. The minimum absolute atomic E-state index is 0.0885. The van der Waals surface area contributed by atoms with Crippen molar-refractivity contribution < 1.29 is 23.1 Å². The Morgan fingerprint density at radius 2 is 2.00 bits per heavy atom. The van der Waals surface area contributed by atoms with Gasteiger partial charge in [-0.05, 0) is 38.1 Å². The molecule has 2 aromatic rings. The van der Waals surface area contributed by atoms with Crippen LogP contribution in [0, 0.1) is 5.82 Å². The lowest BCUT2D eigenvalue weighted by Gasteiger charge is -2.11. The molecular weight excluding hydrogens is 289 g/mol. The Labute approximate surface area is 127 Å². The summed E-state index contributed by atoms with van der Waals surface area (Å²) in [7, 11) is 0. The number of benzene rings is 1. The van der Waals surface area contributed by atoms with Crippen LogP contribution in [0.5, 0.6) is 0 Å². The predicted octanol–water partition coefficient (Wildman–Crippen LogP) is 2.77. The molecule has 0 spiro atoms. The van der Waals surface area contributed by atoms with E-state index in [-0.39, 0.29) is 17.1 Å². The Morgan fingerprint density at radius 1 is 1.27 bits per heavy atom. The molecule has 0 aliphatic rings. The number of carbonyl (C=O) groups excluding carboxylic acids is 2. The molecule has 1 aromatic heterocycles. The van der Waals surface area contributed by atoms with E-state index < -0.39 is 23.8 Å². The van der Waals surface area contributed by atoms with Crippen LogP contribution in [0.4, 0.5) is 4.39 Å². The van der Waals surface area contributed by atoms with E-state index in [1.54, 1.807) is 25.1 Å². The number of likely N-dealkylation sites (N-methyl/N-ethyl adjacent to an activating group) is 1. The monoisotopic (exact) mass is 305 g/mol. The highest BCUT2D eigenvalue weighted by molar-refractivity contribution is 5.90. The minimum atomic E-state index is -0.936. The molecule has 0 bridgehead atoms. The standard InChI is InChI=1S/C16H16FNO4/c1-3-18-15(19)10(2)21-16(20)14-9-8-13(22-14)11-6-4-5-7-12(11)17/h4-10H,3H2,1-2H3,(H,18,19)/t10-/m1/s1. The lowest BCUT2D eigenvalue weighted by molar-refractivity contribution is -0.129. The fraction of sp³-hybridized carbons (Fsp3) is 0.250. The molecule has 1 heterocycles. The number of hydrogen-bond acceptors (Lipinski definition) is 4. The van der Waals surface area contributed by atoms with E-state index in [9.17, 15) is 14.0 Å². The molecule has 1 N–H and O–H groups in total. The van der Waals surface area contributed by atoms with Gasteiger partial charge in [-0.2, -0.15) is 0 Å². The van der Waals surface area contributed by atoms with Crippen LogP contribution in [0.1, 0.15) is 24.4 Å². The smallest absolute Gasteiger partial charge is 0.375 e. The van der Waals surface area contributed by atoms with E-state index in [4.69, 9.17) is 9.15 Å². The van der Waals surface area contributed by atoms with Crippen molar-refractivity contribution in [2.24, 2.45) is 0 Å². The van der Waals surface area contributed by atoms with Crippen LogP contribution in [-0.2, 0) is 9.53 Å². The maximum absolute atomic E-state index is 13.7. The van der Waals surface area contributed by atoms with Gasteiger partial charge in [-0.3, -0.25) is 4.79 Å². The number of ether oxygens (including phenoxy) is 1. The molecule has 116 valence electrons. The quantitative estimate of drug-likeness (QED) is 0.862. The number of halogens is 1. The Kier molecular flexibility index (Phi) is 4.93. The number of rotatable bonds is 5. The summed E-state index contributed by atoms with van der Waals surface area (Å²) in [6.07, 6.45) is -0.936. The normalized spacial score (nSPS) is 11.8. The molecule has 0 fully saturated rings. The molecule has 22 heavy (non-hydrogen) atoms. The average molecular weight is 305 g/mol. The van der Waals surface area contributed by atoms with Crippen molar-refractivity contribution >= 4 is 11.9 Å². The van der Waals surface area contributed by atoms with Crippen LogP contribution in [0.2, 0.25) is 0 Å². The minimum Gasteiger partial charge on any atom is -0.449 e. The summed E-state index contributed by atoms with van der Waals surface area (Å²) < 4.78 is 24.0. The van der Waals surface area contributed by atoms with Crippen molar-refractivity contribution in [3.8, 4) is 11.3 Å². The highest BCUT2D eigenvalue weighted by Gasteiger charge is 2.21. The zero-order valence-corrected chi connectivity index (χ0v) is 12.3. The summed E-state index contributed by atoms with van der Waals surface area (Å²) in [5, 5.41) is 2.54. The number of amides is 1. The fourth-order valence-corrected chi connectivity index (χ4v) is 1.84. The molecule has 0 aliphatic heterocycles. The molecule has 1 amide bonds. The van der Waals surface area contributed by atoms with E-state index in [1.165, 1.54) is 25.1 Å². The molecule has 2 rings (SSSR count).